The van der Waals surface area contributed by atoms with E-state index in [0.29, 0.717) is 11.4 Å². The molecule has 0 unspecified atom stereocenters. The maximum Gasteiger partial charge on any atom is 0.407 e. The Balaban J connectivity index is 0.000000284. The number of nitrogens with two attached hydrogens (primary N) is 1. The number of nitrogens with one attached hydrogen (secondary N) is 1. The van der Waals surface area contributed by atoms with E-state index in [4.69, 9.17) is 10.5 Å². The summed E-state index contributed by atoms with van der Waals surface area (Å²) in [7, 11) is 1.54. The van der Waals surface area contributed by atoms with Gasteiger partial charge in [0.25, 0.3) is 0 Å². The molecule has 1 amide bonds. The first-order valence-corrected chi connectivity index (χ1v) is 10.6. The van der Waals surface area contributed by atoms with Crippen molar-refractivity contribution in [2.45, 2.75) is 64.5 Å². The summed E-state index contributed by atoms with van der Waals surface area (Å²) in [6.07, 6.45) is 6.44. The van der Waals surface area contributed by atoms with Gasteiger partial charge < -0.3 is 20.7 Å². The molecule has 3 N–H and O–H groups in total. The summed E-state index contributed by atoms with van der Waals surface area (Å²) in [5.41, 5.74) is 6.41. The van der Waals surface area contributed by atoms with Gasteiger partial charge >= 0.3 is 6.09 Å². The van der Waals surface area contributed by atoms with Gasteiger partial charge in [0.15, 0.2) is 0 Å². The van der Waals surface area contributed by atoms with Gasteiger partial charge in [-0.2, -0.15) is 0 Å². The van der Waals surface area contributed by atoms with Gasteiger partial charge in [0, 0.05) is 45.0 Å². The van der Waals surface area contributed by atoms with E-state index in [1.54, 1.807) is 12.1 Å². The van der Waals surface area contributed by atoms with Crippen LogP contribution in [-0.4, -0.2) is 55.9 Å². The van der Waals surface area contributed by atoms with Crippen molar-refractivity contribution in [3.8, 4) is 0 Å². The lowest BCUT2D eigenvalue weighted by Crippen LogP contribution is -2.51. The van der Waals surface area contributed by atoms with Crippen LogP contribution in [0.15, 0.2) is 18.2 Å². The van der Waals surface area contributed by atoms with Crippen molar-refractivity contribution in [2.75, 3.05) is 43.9 Å². The molecule has 0 atom stereocenters. The van der Waals surface area contributed by atoms with Crippen molar-refractivity contribution >= 4 is 17.5 Å². The largest absolute Gasteiger partial charge is 0.444 e. The molecule has 29 heavy (non-hydrogen) atoms. The summed E-state index contributed by atoms with van der Waals surface area (Å²) in [6, 6.07) is 5.78. The second-order valence-electron chi connectivity index (χ2n) is 8.78. The van der Waals surface area contributed by atoms with Gasteiger partial charge in [0.2, 0.25) is 0 Å². The molecule has 0 spiro atoms. The summed E-state index contributed by atoms with van der Waals surface area (Å²) in [5.74, 6) is -0.198. The Kier molecular flexibility index (Phi) is 8.56. The average molecular weight is 409 g/mol. The molecule has 1 aromatic carbocycles. The van der Waals surface area contributed by atoms with E-state index < -0.39 is 0 Å². The van der Waals surface area contributed by atoms with Gasteiger partial charge in [0.05, 0.1) is 5.69 Å². The van der Waals surface area contributed by atoms with Gasteiger partial charge in [-0.15, -0.1) is 0 Å². The van der Waals surface area contributed by atoms with Gasteiger partial charge in [-0.1, -0.05) is 19.3 Å². The number of ether oxygens (including phenoxy) is 1. The predicted molar refractivity (Wildman–Crippen MR) is 117 cm³/mol. The predicted octanol–water partition coefficient (Wildman–Crippen LogP) is 4.00. The molecule has 0 aromatic heterocycles. The first kappa shape index (κ1) is 23.3. The van der Waals surface area contributed by atoms with Crippen LogP contribution in [0.5, 0.6) is 0 Å². The summed E-state index contributed by atoms with van der Waals surface area (Å²) in [4.78, 5) is 15.2. The van der Waals surface area contributed by atoms with Crippen molar-refractivity contribution in [2.24, 2.45) is 0 Å². The number of carbonyl (C=O) groups excluding carboxylic acids is 1. The summed E-state index contributed by atoms with van der Waals surface area (Å²) >= 11 is 0. The molecule has 1 aromatic rings. The highest BCUT2D eigenvalue weighted by molar-refractivity contribution is 5.67. The summed E-state index contributed by atoms with van der Waals surface area (Å²) in [5, 5.41) is 2.36. The number of carbonyl (C=O) groups is 1. The molecule has 1 aliphatic heterocycles. The van der Waals surface area contributed by atoms with Crippen LogP contribution in [0.3, 0.4) is 0 Å². The molecular formula is C22H37FN4O2. The van der Waals surface area contributed by atoms with Crippen molar-refractivity contribution in [1.29, 1.82) is 0 Å². The van der Waals surface area contributed by atoms with Crippen molar-refractivity contribution < 1.29 is 13.9 Å². The molecule has 1 heterocycles. The Hall–Kier alpha value is -2.02. The summed E-state index contributed by atoms with van der Waals surface area (Å²) < 4.78 is 18.8. The van der Waals surface area contributed by atoms with Crippen molar-refractivity contribution in [1.82, 2.24) is 10.2 Å². The number of amides is 1. The smallest absolute Gasteiger partial charge is 0.407 e. The fourth-order valence-corrected chi connectivity index (χ4v) is 3.88. The number of alkyl carbamates (subject to hydrolysis) is 1. The Bertz CT molecular complexity index is 649. The topological polar surface area (TPSA) is 70.8 Å². The second kappa shape index (κ2) is 10.7. The van der Waals surface area contributed by atoms with Gasteiger partial charge in [-0.3, -0.25) is 4.90 Å². The number of hydrogen-bond donors (Lipinski definition) is 2. The number of piperazine rings is 1. The number of anilines is 2. The monoisotopic (exact) mass is 408 g/mol. The highest BCUT2D eigenvalue weighted by Crippen LogP contribution is 2.26. The highest BCUT2D eigenvalue weighted by Gasteiger charge is 2.26. The molecule has 6 nitrogen and oxygen atoms in total. The minimum Gasteiger partial charge on any atom is -0.444 e. The molecule has 1 aliphatic carbocycles. The van der Waals surface area contributed by atoms with Crippen LogP contribution in [0.4, 0.5) is 20.6 Å². The molecule has 7 heteroatoms. The zero-order chi connectivity index (χ0) is 21.4. The van der Waals surface area contributed by atoms with Crippen LogP contribution in [0.1, 0.15) is 52.9 Å². The third kappa shape index (κ3) is 7.72. The van der Waals surface area contributed by atoms with Crippen LogP contribution in [-0.2, 0) is 4.74 Å². The van der Waals surface area contributed by atoms with E-state index in [1.165, 1.54) is 45.2 Å². The summed E-state index contributed by atoms with van der Waals surface area (Å²) in [6.45, 7) is 9.39. The van der Waals surface area contributed by atoms with Gasteiger partial charge in [0.1, 0.15) is 11.4 Å². The zero-order valence-corrected chi connectivity index (χ0v) is 18.3. The first-order valence-electron chi connectivity index (χ1n) is 10.6. The molecule has 2 aliphatic rings. The quantitative estimate of drug-likeness (QED) is 0.724. The molecular weight excluding hydrogens is 371 g/mol. The Morgan fingerprint density at radius 1 is 1.14 bits per heavy atom. The Labute approximate surface area is 174 Å². The zero-order valence-electron chi connectivity index (χ0n) is 18.3. The Morgan fingerprint density at radius 2 is 1.76 bits per heavy atom. The maximum atomic E-state index is 14.0. The van der Waals surface area contributed by atoms with Crippen LogP contribution in [0.25, 0.3) is 0 Å². The molecule has 3 rings (SSSR count). The number of nitrogens with zero attached hydrogens (tertiary/aromatic N) is 2. The van der Waals surface area contributed by atoms with E-state index in [-0.39, 0.29) is 17.5 Å². The number of rotatable bonds is 2. The minimum atomic E-state index is -0.389. The Morgan fingerprint density at radius 3 is 2.24 bits per heavy atom. The average Bonchev–Trinajstić information content (AvgIpc) is 2.68. The maximum absolute atomic E-state index is 14.0. The van der Waals surface area contributed by atoms with Crippen LogP contribution < -0.4 is 16.0 Å². The number of hydrogen-bond acceptors (Lipinski definition) is 5. The molecule has 0 radical (unpaired) electrons. The van der Waals surface area contributed by atoms with E-state index >= 15 is 0 Å². The molecule has 1 saturated carbocycles. The lowest BCUT2D eigenvalue weighted by atomic mass is 9.94. The third-order valence-electron chi connectivity index (χ3n) is 5.32. The first-order chi connectivity index (χ1) is 13.7. The lowest BCUT2D eigenvalue weighted by Gasteiger charge is -2.41. The van der Waals surface area contributed by atoms with Gasteiger partial charge in [-0.05, 0) is 51.8 Å². The van der Waals surface area contributed by atoms with Crippen molar-refractivity contribution in [3.05, 3.63) is 24.0 Å². The van der Waals surface area contributed by atoms with E-state index in [9.17, 15) is 9.18 Å². The fraction of sp³-hybridized carbons (Fsp3) is 0.682. The second-order valence-corrected chi connectivity index (χ2v) is 8.78. The third-order valence-corrected chi connectivity index (χ3v) is 5.32. The molecule has 164 valence electrons. The van der Waals surface area contributed by atoms with Gasteiger partial charge in [-0.25, -0.2) is 9.18 Å². The van der Waals surface area contributed by atoms with E-state index in [2.05, 4.69) is 15.1 Å². The highest BCUT2D eigenvalue weighted by atomic mass is 19.1. The molecule has 1 saturated heterocycles. The van der Waals surface area contributed by atoms with Crippen LogP contribution in [0, 0.1) is 5.82 Å². The van der Waals surface area contributed by atoms with E-state index in [0.717, 1.165) is 32.2 Å². The fourth-order valence-electron chi connectivity index (χ4n) is 3.88. The normalized spacial score (nSPS) is 18.6. The lowest BCUT2D eigenvalue weighted by molar-refractivity contribution is 0.0541. The SMILES string of the molecule is CNC(=O)OC(C)(C)C.Nc1ccc(N2CCN(C3CCCCC3)CC2)c(F)c1. The van der Waals surface area contributed by atoms with E-state index in [1.807, 2.05) is 20.8 Å². The molecule has 2 fully saturated rings. The number of halogens is 1. The standard InChI is InChI=1S/C16H24FN3.C6H13NO2/c17-15-12-13(18)6-7-16(15)20-10-8-19(9-11-20)14-4-2-1-3-5-14;1-6(2,3)9-5(8)7-4/h6-7,12,14H,1-5,8-11,18H2;1-4H3,(H,7,8). The minimum absolute atomic E-state index is 0.198. The van der Waals surface area contributed by atoms with Crippen LogP contribution in [0.2, 0.25) is 0 Å². The van der Waals surface area contributed by atoms with Crippen LogP contribution >= 0.6 is 0 Å². The number of benzene rings is 1. The van der Waals surface area contributed by atoms with Crippen molar-refractivity contribution in [3.63, 3.8) is 0 Å². The number of nitrogen functional groups attached to an aromatic ring is 1. The molecule has 0 bridgehead atoms.